The van der Waals surface area contributed by atoms with E-state index >= 15 is 0 Å². The zero-order valence-electron chi connectivity index (χ0n) is 10.9. The molecule has 0 amide bonds. The quantitative estimate of drug-likeness (QED) is 0.881. The third-order valence-electron chi connectivity index (χ3n) is 3.25. The van der Waals surface area contributed by atoms with Crippen LogP contribution in [-0.2, 0) is 29.4 Å². The summed E-state index contributed by atoms with van der Waals surface area (Å²) in [6.07, 6.45) is 2.23. The summed E-state index contributed by atoms with van der Waals surface area (Å²) in [6.45, 7) is 2.45. The molecule has 0 saturated carbocycles. The Balaban J connectivity index is 2.45. The number of aromatic nitrogens is 1. The fourth-order valence-corrected chi connectivity index (χ4v) is 3.02. The standard InChI is InChI=1S/C12H16N2O4S/c1-3-10-9(12(15)16)6-8-7-14(19(2,17)18)5-4-11(8)13-10/h6H,3-5,7H2,1-2H3,(H,15,16). The van der Waals surface area contributed by atoms with Crippen molar-refractivity contribution in [3.05, 3.63) is 28.6 Å². The number of fused-ring (bicyclic) bond motifs is 1. The van der Waals surface area contributed by atoms with E-state index in [1.165, 1.54) is 4.31 Å². The summed E-state index contributed by atoms with van der Waals surface area (Å²) in [5.41, 5.74) is 2.21. The largest absolute Gasteiger partial charge is 0.478 e. The molecule has 0 aromatic carbocycles. The lowest BCUT2D eigenvalue weighted by Gasteiger charge is -2.26. The van der Waals surface area contributed by atoms with Crippen molar-refractivity contribution >= 4 is 16.0 Å². The van der Waals surface area contributed by atoms with Crippen LogP contribution in [0.5, 0.6) is 0 Å². The van der Waals surface area contributed by atoms with E-state index in [0.717, 1.165) is 11.9 Å². The topological polar surface area (TPSA) is 87.6 Å². The SMILES string of the molecule is CCc1nc2c(cc1C(=O)O)CN(S(C)(=O)=O)CC2. The highest BCUT2D eigenvalue weighted by Crippen LogP contribution is 2.22. The molecule has 0 spiro atoms. The van der Waals surface area contributed by atoms with Gasteiger partial charge in [0.1, 0.15) is 0 Å². The zero-order chi connectivity index (χ0) is 14.2. The highest BCUT2D eigenvalue weighted by molar-refractivity contribution is 7.88. The molecular formula is C12H16N2O4S. The molecule has 0 fully saturated rings. The molecule has 104 valence electrons. The van der Waals surface area contributed by atoms with Gasteiger partial charge in [-0.1, -0.05) is 6.92 Å². The van der Waals surface area contributed by atoms with Crippen LogP contribution < -0.4 is 0 Å². The van der Waals surface area contributed by atoms with Gasteiger partial charge in [-0.2, -0.15) is 4.31 Å². The molecule has 0 radical (unpaired) electrons. The zero-order valence-corrected chi connectivity index (χ0v) is 11.7. The number of hydrogen-bond acceptors (Lipinski definition) is 4. The lowest BCUT2D eigenvalue weighted by Crippen LogP contribution is -2.36. The van der Waals surface area contributed by atoms with Gasteiger partial charge in [-0.3, -0.25) is 4.98 Å². The van der Waals surface area contributed by atoms with Crippen LogP contribution >= 0.6 is 0 Å². The summed E-state index contributed by atoms with van der Waals surface area (Å²) < 4.78 is 24.4. The second-order valence-electron chi connectivity index (χ2n) is 4.59. The Bertz CT molecular complexity index is 625. The first kappa shape index (κ1) is 14.0. The number of aromatic carboxylic acids is 1. The molecule has 0 unspecified atom stereocenters. The second kappa shape index (κ2) is 4.90. The van der Waals surface area contributed by atoms with Crippen molar-refractivity contribution in [2.24, 2.45) is 0 Å². The van der Waals surface area contributed by atoms with Crippen molar-refractivity contribution in [2.75, 3.05) is 12.8 Å². The Kier molecular flexibility index (Phi) is 3.60. The van der Waals surface area contributed by atoms with E-state index in [-0.39, 0.29) is 12.1 Å². The molecule has 2 rings (SSSR count). The van der Waals surface area contributed by atoms with E-state index in [1.807, 2.05) is 6.92 Å². The van der Waals surface area contributed by atoms with Crippen LogP contribution in [0.4, 0.5) is 0 Å². The van der Waals surface area contributed by atoms with E-state index in [0.29, 0.717) is 30.6 Å². The van der Waals surface area contributed by atoms with Crippen LogP contribution in [0.1, 0.15) is 34.2 Å². The number of hydrogen-bond donors (Lipinski definition) is 1. The maximum atomic E-state index is 11.5. The second-order valence-corrected chi connectivity index (χ2v) is 6.58. The molecule has 6 nitrogen and oxygen atoms in total. The summed E-state index contributed by atoms with van der Waals surface area (Å²) in [4.78, 5) is 15.5. The molecule has 1 N–H and O–H groups in total. The van der Waals surface area contributed by atoms with Gasteiger partial charge in [0.2, 0.25) is 10.0 Å². The number of carbonyl (C=O) groups is 1. The molecule has 1 aliphatic rings. The van der Waals surface area contributed by atoms with Gasteiger partial charge in [-0.25, -0.2) is 13.2 Å². The number of aryl methyl sites for hydroxylation is 1. The van der Waals surface area contributed by atoms with E-state index in [2.05, 4.69) is 4.98 Å². The molecule has 2 heterocycles. The lowest BCUT2D eigenvalue weighted by molar-refractivity contribution is 0.0695. The average Bonchev–Trinajstić information content (AvgIpc) is 2.35. The maximum Gasteiger partial charge on any atom is 0.337 e. The van der Waals surface area contributed by atoms with Crippen molar-refractivity contribution in [3.8, 4) is 0 Å². The molecule has 1 aromatic rings. The Morgan fingerprint density at radius 3 is 2.74 bits per heavy atom. The summed E-state index contributed by atoms with van der Waals surface area (Å²) in [5.74, 6) is -1.02. The minimum atomic E-state index is -3.26. The lowest BCUT2D eigenvalue weighted by atomic mass is 10.0. The minimum Gasteiger partial charge on any atom is -0.478 e. The van der Waals surface area contributed by atoms with Crippen molar-refractivity contribution in [3.63, 3.8) is 0 Å². The Morgan fingerprint density at radius 1 is 1.53 bits per heavy atom. The van der Waals surface area contributed by atoms with Crippen LogP contribution in [0.2, 0.25) is 0 Å². The van der Waals surface area contributed by atoms with Crippen molar-refractivity contribution in [1.29, 1.82) is 0 Å². The molecule has 7 heteroatoms. The van der Waals surface area contributed by atoms with Gasteiger partial charge < -0.3 is 5.11 Å². The monoisotopic (exact) mass is 284 g/mol. The van der Waals surface area contributed by atoms with Crippen molar-refractivity contribution < 1.29 is 18.3 Å². The van der Waals surface area contributed by atoms with Gasteiger partial charge in [0.25, 0.3) is 0 Å². The van der Waals surface area contributed by atoms with Gasteiger partial charge in [0.15, 0.2) is 0 Å². The summed E-state index contributed by atoms with van der Waals surface area (Å²) in [7, 11) is -3.26. The summed E-state index contributed by atoms with van der Waals surface area (Å²) in [6, 6.07) is 1.56. The molecule has 0 bridgehead atoms. The molecular weight excluding hydrogens is 268 g/mol. The van der Waals surface area contributed by atoms with Crippen LogP contribution in [0.15, 0.2) is 6.07 Å². The summed E-state index contributed by atoms with van der Waals surface area (Å²) in [5, 5.41) is 9.15. The van der Waals surface area contributed by atoms with Crippen LogP contribution in [0.3, 0.4) is 0 Å². The first-order valence-electron chi connectivity index (χ1n) is 6.03. The predicted molar refractivity (Wildman–Crippen MR) is 69.5 cm³/mol. The highest BCUT2D eigenvalue weighted by atomic mass is 32.2. The highest BCUT2D eigenvalue weighted by Gasteiger charge is 2.26. The van der Waals surface area contributed by atoms with Crippen LogP contribution in [-0.4, -0.2) is 41.6 Å². The number of nitrogens with zero attached hydrogens (tertiary/aromatic N) is 2. The molecule has 1 aliphatic heterocycles. The summed E-state index contributed by atoms with van der Waals surface area (Å²) >= 11 is 0. The number of pyridine rings is 1. The van der Waals surface area contributed by atoms with E-state index in [4.69, 9.17) is 5.11 Å². The first-order chi connectivity index (χ1) is 8.82. The number of carboxylic acids is 1. The Morgan fingerprint density at radius 2 is 2.21 bits per heavy atom. The fourth-order valence-electron chi connectivity index (χ4n) is 2.23. The predicted octanol–water partition coefficient (Wildman–Crippen LogP) is 0.660. The fraction of sp³-hybridized carbons (Fsp3) is 0.500. The molecule has 19 heavy (non-hydrogen) atoms. The van der Waals surface area contributed by atoms with Crippen LogP contribution in [0.25, 0.3) is 0 Å². The van der Waals surface area contributed by atoms with Gasteiger partial charge in [-0.15, -0.1) is 0 Å². The van der Waals surface area contributed by atoms with E-state index in [1.54, 1.807) is 6.07 Å². The number of rotatable bonds is 3. The van der Waals surface area contributed by atoms with Crippen molar-refractivity contribution in [2.45, 2.75) is 26.3 Å². The number of carboxylic acid groups (broad SMARTS) is 1. The molecule has 0 saturated heterocycles. The smallest absolute Gasteiger partial charge is 0.337 e. The Labute approximate surface area is 112 Å². The minimum absolute atomic E-state index is 0.164. The van der Waals surface area contributed by atoms with E-state index in [9.17, 15) is 13.2 Å². The third-order valence-corrected chi connectivity index (χ3v) is 4.50. The van der Waals surface area contributed by atoms with E-state index < -0.39 is 16.0 Å². The van der Waals surface area contributed by atoms with Gasteiger partial charge in [0.05, 0.1) is 17.5 Å². The average molecular weight is 284 g/mol. The molecule has 0 atom stereocenters. The van der Waals surface area contributed by atoms with Gasteiger partial charge >= 0.3 is 5.97 Å². The normalized spacial score (nSPS) is 16.1. The first-order valence-corrected chi connectivity index (χ1v) is 7.87. The molecule has 0 aliphatic carbocycles. The molecule has 1 aromatic heterocycles. The van der Waals surface area contributed by atoms with Gasteiger partial charge in [0, 0.05) is 25.2 Å². The maximum absolute atomic E-state index is 11.5. The number of sulfonamides is 1. The Hall–Kier alpha value is -1.47. The third kappa shape index (κ3) is 2.76. The van der Waals surface area contributed by atoms with Crippen molar-refractivity contribution in [1.82, 2.24) is 9.29 Å². The van der Waals surface area contributed by atoms with Gasteiger partial charge in [-0.05, 0) is 18.1 Å². The van der Waals surface area contributed by atoms with Crippen LogP contribution in [0, 0.1) is 0 Å².